The van der Waals surface area contributed by atoms with E-state index in [1.54, 1.807) is 23.1 Å². The normalized spacial score (nSPS) is 10.6. The fraction of sp³-hybridized carbons (Fsp3) is 0.308. The molecule has 1 heterocycles. The molecular weight excluding hydrogens is 233 g/mol. The highest BCUT2D eigenvalue weighted by molar-refractivity contribution is 5.33. The first kappa shape index (κ1) is 12.6. The molecule has 2 N–H and O–H groups in total. The molecule has 1 aromatic carbocycles. The maximum atomic E-state index is 13.8. The van der Waals surface area contributed by atoms with E-state index in [0.717, 1.165) is 12.1 Å². The van der Waals surface area contributed by atoms with Crippen molar-refractivity contribution in [2.45, 2.75) is 19.9 Å². The number of nitrogens with two attached hydrogens (primary N) is 1. The molecule has 0 atom stereocenters. The molecule has 4 nitrogen and oxygen atoms in total. The molecule has 0 aliphatic rings. The highest BCUT2D eigenvalue weighted by Crippen LogP contribution is 2.24. The van der Waals surface area contributed by atoms with Crippen LogP contribution in [0.1, 0.15) is 12.5 Å². The van der Waals surface area contributed by atoms with Gasteiger partial charge in [0, 0.05) is 6.54 Å². The summed E-state index contributed by atoms with van der Waals surface area (Å²) in [6.07, 6.45) is 3.95. The Hall–Kier alpha value is -1.88. The van der Waals surface area contributed by atoms with Gasteiger partial charge in [0.1, 0.15) is 0 Å². The van der Waals surface area contributed by atoms with Gasteiger partial charge in [-0.3, -0.25) is 4.68 Å². The van der Waals surface area contributed by atoms with E-state index in [0.29, 0.717) is 18.7 Å². The summed E-state index contributed by atoms with van der Waals surface area (Å²) in [6.45, 7) is 3.23. The Labute approximate surface area is 105 Å². The highest BCUT2D eigenvalue weighted by atomic mass is 19.1. The van der Waals surface area contributed by atoms with Crippen molar-refractivity contribution in [2.75, 3.05) is 6.54 Å². The van der Waals surface area contributed by atoms with Crippen molar-refractivity contribution in [1.29, 1.82) is 0 Å². The lowest BCUT2D eigenvalue weighted by molar-refractivity contribution is 0.441. The zero-order valence-corrected chi connectivity index (χ0v) is 10.3. The molecular formula is C13H16FN3O. The first-order chi connectivity index (χ1) is 8.72. The molecule has 0 bridgehead atoms. The molecule has 0 saturated carbocycles. The summed E-state index contributed by atoms with van der Waals surface area (Å²) >= 11 is 0. The Morgan fingerprint density at radius 1 is 1.44 bits per heavy atom. The maximum Gasteiger partial charge on any atom is 0.165 e. The maximum absolute atomic E-state index is 13.8. The minimum atomic E-state index is -0.384. The number of halogens is 1. The molecule has 5 heteroatoms. The second-order valence-corrected chi connectivity index (χ2v) is 3.94. The van der Waals surface area contributed by atoms with Crippen molar-refractivity contribution in [3.63, 3.8) is 0 Å². The number of hydrogen-bond acceptors (Lipinski definition) is 3. The topological polar surface area (TPSA) is 53.1 Å². The van der Waals surface area contributed by atoms with Gasteiger partial charge < -0.3 is 10.5 Å². The molecule has 2 rings (SSSR count). The largest absolute Gasteiger partial charge is 0.451 e. The second-order valence-electron chi connectivity index (χ2n) is 3.94. The molecule has 96 valence electrons. The average molecular weight is 249 g/mol. The number of hydrogen-bond donors (Lipinski definition) is 1. The SMILES string of the molecule is CCn1cc(Oc2ccc(CCN)cc2F)cn1. The lowest BCUT2D eigenvalue weighted by Gasteiger charge is -2.06. The molecule has 0 unspecified atom stereocenters. The number of ether oxygens (including phenoxy) is 1. The summed E-state index contributed by atoms with van der Waals surface area (Å²) in [5.74, 6) is 0.346. The van der Waals surface area contributed by atoms with Crippen LogP contribution in [0.15, 0.2) is 30.6 Å². The molecule has 0 radical (unpaired) electrons. The van der Waals surface area contributed by atoms with Crippen LogP contribution in [0, 0.1) is 5.82 Å². The molecule has 0 aliphatic heterocycles. The molecule has 0 amide bonds. The standard InChI is InChI=1S/C13H16FN3O/c1-2-17-9-11(8-16-17)18-13-4-3-10(5-6-15)7-12(13)14/h3-4,7-9H,2,5-6,15H2,1H3. The predicted molar refractivity (Wildman–Crippen MR) is 67.1 cm³/mol. The Morgan fingerprint density at radius 3 is 2.89 bits per heavy atom. The van der Waals surface area contributed by atoms with Crippen molar-refractivity contribution >= 4 is 0 Å². The van der Waals surface area contributed by atoms with E-state index in [2.05, 4.69) is 5.10 Å². The van der Waals surface area contributed by atoms with Crippen molar-refractivity contribution in [3.8, 4) is 11.5 Å². The summed E-state index contributed by atoms with van der Waals surface area (Å²) in [5, 5.41) is 4.06. The van der Waals surface area contributed by atoms with E-state index < -0.39 is 0 Å². The molecule has 1 aromatic heterocycles. The van der Waals surface area contributed by atoms with Gasteiger partial charge in [0.25, 0.3) is 0 Å². The van der Waals surface area contributed by atoms with Gasteiger partial charge in [-0.05, 0) is 37.6 Å². The van der Waals surface area contributed by atoms with Crippen LogP contribution in [-0.2, 0) is 13.0 Å². The minimum absolute atomic E-state index is 0.200. The summed E-state index contributed by atoms with van der Waals surface area (Å²) in [6, 6.07) is 4.88. The third-order valence-electron chi connectivity index (χ3n) is 2.59. The first-order valence-corrected chi connectivity index (χ1v) is 5.91. The van der Waals surface area contributed by atoms with E-state index in [-0.39, 0.29) is 11.6 Å². The molecule has 18 heavy (non-hydrogen) atoms. The van der Waals surface area contributed by atoms with Gasteiger partial charge in [-0.1, -0.05) is 6.07 Å². The fourth-order valence-electron chi connectivity index (χ4n) is 1.65. The van der Waals surface area contributed by atoms with Crippen molar-refractivity contribution in [1.82, 2.24) is 9.78 Å². The molecule has 0 fully saturated rings. The highest BCUT2D eigenvalue weighted by Gasteiger charge is 2.07. The van der Waals surface area contributed by atoms with Crippen molar-refractivity contribution < 1.29 is 9.13 Å². The minimum Gasteiger partial charge on any atom is -0.451 e. The first-order valence-electron chi connectivity index (χ1n) is 5.91. The average Bonchev–Trinajstić information content (AvgIpc) is 2.81. The zero-order chi connectivity index (χ0) is 13.0. The van der Waals surface area contributed by atoms with Crippen LogP contribution >= 0.6 is 0 Å². The van der Waals surface area contributed by atoms with E-state index >= 15 is 0 Å². The van der Waals surface area contributed by atoms with E-state index in [4.69, 9.17) is 10.5 Å². The van der Waals surface area contributed by atoms with E-state index in [9.17, 15) is 4.39 Å². The summed E-state index contributed by atoms with van der Waals surface area (Å²) < 4.78 is 20.9. The van der Waals surface area contributed by atoms with Gasteiger partial charge in [-0.2, -0.15) is 5.10 Å². The van der Waals surface area contributed by atoms with Crippen LogP contribution in [0.25, 0.3) is 0 Å². The smallest absolute Gasteiger partial charge is 0.165 e. The van der Waals surface area contributed by atoms with Gasteiger partial charge in [0.05, 0.1) is 12.4 Å². The predicted octanol–water partition coefficient (Wildman–Crippen LogP) is 2.34. The molecule has 0 spiro atoms. The van der Waals surface area contributed by atoms with Crippen LogP contribution in [-0.4, -0.2) is 16.3 Å². The summed E-state index contributed by atoms with van der Waals surface area (Å²) in [4.78, 5) is 0. The fourth-order valence-corrected chi connectivity index (χ4v) is 1.65. The quantitative estimate of drug-likeness (QED) is 0.884. The van der Waals surface area contributed by atoms with Gasteiger partial charge in [-0.15, -0.1) is 0 Å². The number of benzene rings is 1. The number of aryl methyl sites for hydroxylation is 1. The Balaban J connectivity index is 2.13. The lowest BCUT2D eigenvalue weighted by atomic mass is 10.1. The van der Waals surface area contributed by atoms with Gasteiger partial charge in [0.15, 0.2) is 17.3 Å². The van der Waals surface area contributed by atoms with E-state index in [1.807, 2.05) is 13.0 Å². The van der Waals surface area contributed by atoms with Crippen molar-refractivity contribution in [2.24, 2.45) is 5.73 Å². The van der Waals surface area contributed by atoms with Crippen LogP contribution < -0.4 is 10.5 Å². The third-order valence-corrected chi connectivity index (χ3v) is 2.59. The van der Waals surface area contributed by atoms with Crippen LogP contribution in [0.5, 0.6) is 11.5 Å². The zero-order valence-electron chi connectivity index (χ0n) is 10.3. The number of aromatic nitrogens is 2. The number of rotatable bonds is 5. The summed E-state index contributed by atoms with van der Waals surface area (Å²) in [7, 11) is 0. The lowest BCUT2D eigenvalue weighted by Crippen LogP contribution is -2.03. The van der Waals surface area contributed by atoms with Gasteiger partial charge in [-0.25, -0.2) is 4.39 Å². The number of nitrogens with zero attached hydrogens (tertiary/aromatic N) is 2. The van der Waals surface area contributed by atoms with E-state index in [1.165, 1.54) is 6.07 Å². The molecule has 2 aromatic rings. The molecule has 0 saturated heterocycles. The van der Waals surface area contributed by atoms with Crippen LogP contribution in [0.4, 0.5) is 4.39 Å². The van der Waals surface area contributed by atoms with Crippen LogP contribution in [0.2, 0.25) is 0 Å². The summed E-state index contributed by atoms with van der Waals surface area (Å²) in [5.41, 5.74) is 6.29. The van der Waals surface area contributed by atoms with Crippen LogP contribution in [0.3, 0.4) is 0 Å². The Kier molecular flexibility index (Phi) is 3.94. The second kappa shape index (κ2) is 5.64. The van der Waals surface area contributed by atoms with Gasteiger partial charge in [0.2, 0.25) is 0 Å². The van der Waals surface area contributed by atoms with Crippen molar-refractivity contribution in [3.05, 3.63) is 42.0 Å². The molecule has 0 aliphatic carbocycles. The monoisotopic (exact) mass is 249 g/mol. The third kappa shape index (κ3) is 2.87. The Morgan fingerprint density at radius 2 is 2.28 bits per heavy atom. The van der Waals surface area contributed by atoms with Gasteiger partial charge >= 0.3 is 0 Å². The Bertz CT molecular complexity index is 525.